The van der Waals surface area contributed by atoms with Gasteiger partial charge in [0.1, 0.15) is 24.7 Å². The van der Waals surface area contributed by atoms with Crippen molar-refractivity contribution in [3.63, 3.8) is 0 Å². The summed E-state index contributed by atoms with van der Waals surface area (Å²) in [5, 5.41) is 39.8. The molecule has 241 valence electrons. The van der Waals surface area contributed by atoms with E-state index in [-0.39, 0.29) is 88.6 Å². The van der Waals surface area contributed by atoms with Gasteiger partial charge in [-0.25, -0.2) is 9.13 Å². The Morgan fingerprint density at radius 3 is 1.35 bits per heavy atom. The van der Waals surface area contributed by atoms with Crippen LogP contribution in [0.4, 0.5) is 0 Å². The number of carbonyl (C=O) groups is 2. The van der Waals surface area contributed by atoms with E-state index in [4.69, 9.17) is 19.6 Å². The molecule has 0 aromatic carbocycles. The van der Waals surface area contributed by atoms with E-state index in [0.29, 0.717) is 0 Å². The fourth-order valence-corrected chi connectivity index (χ4v) is 4.47. The number of hydrogen-bond acceptors (Lipinski definition) is 12. The van der Waals surface area contributed by atoms with Crippen LogP contribution in [0.5, 0.6) is 11.5 Å². The summed E-state index contributed by atoms with van der Waals surface area (Å²) in [6, 6.07) is 2.59. The maximum atomic E-state index is 11.6. The van der Waals surface area contributed by atoms with Crippen molar-refractivity contribution < 1.29 is 84.8 Å². The Labute approximate surface area is 255 Å². The average Bonchev–Trinajstić information content (AvgIpc) is 2.84. The number of aliphatic carboxylic acids is 2. The van der Waals surface area contributed by atoms with Gasteiger partial charge in [0.25, 0.3) is 0 Å². The van der Waals surface area contributed by atoms with Crippen molar-refractivity contribution in [3.05, 3.63) is 46.0 Å². The van der Waals surface area contributed by atoms with Crippen molar-refractivity contribution in [1.82, 2.24) is 19.8 Å². The van der Waals surface area contributed by atoms with Crippen LogP contribution in [0.25, 0.3) is 0 Å². The Bertz CT molecular complexity index is 1280. The van der Waals surface area contributed by atoms with Crippen LogP contribution in [0.3, 0.4) is 0 Å². The van der Waals surface area contributed by atoms with Gasteiger partial charge in [0.05, 0.1) is 35.9 Å². The average molecular weight is 693 g/mol. The van der Waals surface area contributed by atoms with Gasteiger partial charge in [0.2, 0.25) is 0 Å². The van der Waals surface area contributed by atoms with Crippen LogP contribution in [0, 0.1) is 13.8 Å². The number of hydrogen-bond donors (Lipinski definition) is 8. The van der Waals surface area contributed by atoms with Crippen LogP contribution in [0.1, 0.15) is 33.9 Å². The summed E-state index contributed by atoms with van der Waals surface area (Å²) < 4.78 is 31.0. The first-order valence-electron chi connectivity index (χ1n) is 12.0. The number of aryl methyl sites for hydroxylation is 2. The predicted octanol–water partition coefficient (Wildman–Crippen LogP) is 0.194. The Balaban J connectivity index is 0.00000924. The van der Waals surface area contributed by atoms with Gasteiger partial charge in [-0.3, -0.25) is 38.4 Å². The second-order valence-electron chi connectivity index (χ2n) is 9.15. The maximum Gasteiger partial charge on any atom is 0.469 e. The van der Waals surface area contributed by atoms with E-state index in [1.807, 2.05) is 0 Å². The number of carboxylic acid groups (broad SMARTS) is 2. The summed E-state index contributed by atoms with van der Waals surface area (Å²) in [7, 11) is -9.62. The molecule has 0 bridgehead atoms. The number of carboxylic acids is 2. The van der Waals surface area contributed by atoms with E-state index < -0.39 is 53.9 Å². The predicted molar refractivity (Wildman–Crippen MR) is 141 cm³/mol. The van der Waals surface area contributed by atoms with Gasteiger partial charge in [-0.05, 0) is 26.0 Å². The minimum atomic E-state index is -4.81. The van der Waals surface area contributed by atoms with Crippen LogP contribution in [-0.2, 0) is 71.1 Å². The van der Waals surface area contributed by atoms with Crippen molar-refractivity contribution in [1.29, 1.82) is 0 Å². The Morgan fingerprint density at radius 2 is 1.07 bits per heavy atom. The second-order valence-corrected chi connectivity index (χ2v) is 11.6. The summed E-state index contributed by atoms with van der Waals surface area (Å²) >= 11 is 0. The molecule has 18 nitrogen and oxygen atoms in total. The third-order valence-corrected chi connectivity index (χ3v) is 6.53. The molecular weight excluding hydrogens is 661 g/mol. The van der Waals surface area contributed by atoms with E-state index in [1.54, 1.807) is 0 Å². The van der Waals surface area contributed by atoms with Crippen molar-refractivity contribution in [2.24, 2.45) is 0 Å². The van der Waals surface area contributed by atoms with E-state index in [9.17, 15) is 39.1 Å². The molecule has 0 atom stereocenters. The summed E-state index contributed by atoms with van der Waals surface area (Å²) in [5.74, 6) is -3.02. The molecule has 2 rings (SSSR count). The molecule has 0 saturated carbocycles. The second kappa shape index (κ2) is 16.5. The Hall–Kier alpha value is -2.50. The number of phosphoric ester groups is 2. The van der Waals surface area contributed by atoms with Gasteiger partial charge in [0.15, 0.2) is 0 Å². The van der Waals surface area contributed by atoms with E-state index in [2.05, 4.69) is 19.0 Å². The SMILES string of the molecule is Cc1nc(COP(=O)(O)O)cc(CN(CCN(CC(=O)O)Cc2cc(COP(=O)(O)O)nc(C)c2O)CC(=O)O)c1O.[Mn]. The van der Waals surface area contributed by atoms with E-state index in [0.717, 1.165) is 0 Å². The maximum absolute atomic E-state index is 11.6. The Kier molecular flexibility index (Phi) is 14.8. The molecule has 0 saturated heterocycles. The molecule has 0 amide bonds. The van der Waals surface area contributed by atoms with Gasteiger partial charge in [0, 0.05) is 54.4 Å². The van der Waals surface area contributed by atoms with E-state index in [1.165, 1.54) is 35.8 Å². The molecule has 1 radical (unpaired) electrons. The number of aromatic hydroxyl groups is 2. The van der Waals surface area contributed by atoms with Gasteiger partial charge in [-0.2, -0.15) is 0 Å². The van der Waals surface area contributed by atoms with Crippen molar-refractivity contribution in [3.8, 4) is 11.5 Å². The third kappa shape index (κ3) is 14.2. The normalized spacial score (nSPS) is 12.0. The summed E-state index contributed by atoms with van der Waals surface area (Å²) in [6.07, 6.45) is 0. The zero-order chi connectivity index (χ0) is 31.8. The molecule has 0 aliphatic heterocycles. The zero-order valence-electron chi connectivity index (χ0n) is 22.9. The molecule has 2 heterocycles. The van der Waals surface area contributed by atoms with Crippen molar-refractivity contribution in [2.75, 3.05) is 26.2 Å². The molecular formula is C22H32MnN4O14P2. The minimum Gasteiger partial charge on any atom is -0.506 e. The third-order valence-electron chi connectivity index (χ3n) is 5.60. The van der Waals surface area contributed by atoms with Gasteiger partial charge < -0.3 is 40.0 Å². The molecule has 43 heavy (non-hydrogen) atoms. The number of rotatable bonds is 17. The van der Waals surface area contributed by atoms with Crippen LogP contribution in [0.2, 0.25) is 0 Å². The fourth-order valence-electron chi connectivity index (χ4n) is 3.87. The summed E-state index contributed by atoms with van der Waals surface area (Å²) in [5.41, 5.74) is 0.676. The first kappa shape index (κ1) is 38.5. The van der Waals surface area contributed by atoms with Crippen LogP contribution < -0.4 is 0 Å². The molecule has 0 spiro atoms. The van der Waals surface area contributed by atoms with Gasteiger partial charge >= 0.3 is 27.6 Å². The van der Waals surface area contributed by atoms with Crippen molar-refractivity contribution >= 4 is 27.6 Å². The van der Waals surface area contributed by atoms with Gasteiger partial charge in [-0.1, -0.05) is 0 Å². The topological polar surface area (TPSA) is 281 Å². The number of nitrogens with zero attached hydrogens (tertiary/aromatic N) is 4. The molecule has 21 heteroatoms. The first-order chi connectivity index (χ1) is 19.3. The molecule has 0 unspecified atom stereocenters. The number of aromatic nitrogens is 2. The molecule has 0 fully saturated rings. The molecule has 0 aliphatic rings. The Morgan fingerprint density at radius 1 is 0.744 bits per heavy atom. The fraction of sp³-hybridized carbons (Fsp3) is 0.455. The smallest absolute Gasteiger partial charge is 0.469 e. The number of phosphoric acid groups is 2. The van der Waals surface area contributed by atoms with Crippen LogP contribution in [-0.4, -0.2) is 97.9 Å². The first-order valence-corrected chi connectivity index (χ1v) is 15.0. The van der Waals surface area contributed by atoms with Crippen LogP contribution >= 0.6 is 15.6 Å². The largest absolute Gasteiger partial charge is 0.506 e. The van der Waals surface area contributed by atoms with Crippen molar-refractivity contribution in [2.45, 2.75) is 40.2 Å². The minimum absolute atomic E-state index is 0. The summed E-state index contributed by atoms with van der Waals surface area (Å²) in [6.45, 7) is 0.195. The molecule has 2 aromatic rings. The summed E-state index contributed by atoms with van der Waals surface area (Å²) in [4.78, 5) is 69.7. The molecule has 2 aromatic heterocycles. The van der Waals surface area contributed by atoms with Gasteiger partial charge in [-0.15, -0.1) is 0 Å². The quantitative estimate of drug-likeness (QED) is 0.0811. The molecule has 0 aliphatic carbocycles. The monoisotopic (exact) mass is 693 g/mol. The standard InChI is InChI=1S/C22H32N4O14P2.Mn/c1-13-21(31)15(5-17(23-13)11-39-41(33,34)35)7-25(9-19(27)28)3-4-26(10-20(29)30)8-16-6-18(12-40-42(36,37)38)24-14(2)22(16)32;/h5-6,31-32H,3-4,7-12H2,1-2H3,(H,27,28)(H,29,30)(H2,33,34,35)(H2,36,37,38);. The van der Waals surface area contributed by atoms with Crippen LogP contribution in [0.15, 0.2) is 12.1 Å². The molecule has 8 N–H and O–H groups in total. The zero-order valence-corrected chi connectivity index (χ0v) is 25.9. The van der Waals surface area contributed by atoms with E-state index >= 15 is 0 Å². The number of pyridine rings is 2.